The topological polar surface area (TPSA) is 90.2 Å². The van der Waals surface area contributed by atoms with Crippen molar-refractivity contribution in [1.82, 2.24) is 4.90 Å². The molecule has 0 saturated carbocycles. The van der Waals surface area contributed by atoms with Gasteiger partial charge in [0.15, 0.2) is 0 Å². The number of carbonyl (C=O) groups excluding carboxylic acids is 1. The maximum Gasteiger partial charge on any atom is 0.309 e. The Labute approximate surface area is 292 Å². The van der Waals surface area contributed by atoms with Crippen LogP contribution in [0.5, 0.6) is 0 Å². The van der Waals surface area contributed by atoms with Crippen LogP contribution < -0.4 is 0 Å². The molecule has 7 heteroatoms. The average Bonchev–Trinajstić information content (AvgIpc) is 3.01. The van der Waals surface area contributed by atoms with Crippen molar-refractivity contribution in [2.24, 2.45) is 11.8 Å². The fourth-order valence-corrected chi connectivity index (χ4v) is 5.96. The predicted octanol–water partition coefficient (Wildman–Crippen LogP) is 8.44. The normalized spacial score (nSPS) is 15.3. The van der Waals surface area contributed by atoms with Gasteiger partial charge in [-0.25, -0.2) is 0 Å². The third-order valence-electron chi connectivity index (χ3n) is 8.82. The van der Waals surface area contributed by atoms with Crippen LogP contribution in [-0.4, -0.2) is 71.7 Å². The molecule has 1 radical (unpaired) electrons. The molecule has 43 heavy (non-hydrogen) atoms. The summed E-state index contributed by atoms with van der Waals surface area (Å²) in [5.41, 5.74) is 0. The van der Waals surface area contributed by atoms with E-state index in [-0.39, 0.29) is 57.3 Å². The van der Waals surface area contributed by atoms with E-state index in [1.54, 1.807) is 0 Å². The molecule has 1 saturated heterocycles. The third kappa shape index (κ3) is 28.4. The van der Waals surface area contributed by atoms with Gasteiger partial charge in [-0.1, -0.05) is 104 Å². The Bertz CT molecular complexity index is 542. The number of nitrogens with zero attached hydrogens (tertiary/aromatic N) is 1. The van der Waals surface area contributed by atoms with E-state index in [1.165, 1.54) is 96.3 Å². The molecule has 0 bridgehead atoms. The van der Waals surface area contributed by atoms with E-state index < -0.39 is 0 Å². The number of aliphatic hydroxyl groups excluding tert-OH is 3. The maximum atomic E-state index is 12.8. The largest absolute Gasteiger partial charge is 0.462 e. The summed E-state index contributed by atoms with van der Waals surface area (Å²) in [7, 11) is 0. The van der Waals surface area contributed by atoms with Crippen LogP contribution in [0.4, 0.5) is 0 Å². The molecule has 2 atom stereocenters. The molecular formula is C36H73NO5Y. The number of likely N-dealkylation sites (tertiary alicyclic amines) is 1. The second-order valence-corrected chi connectivity index (χ2v) is 12.8. The van der Waals surface area contributed by atoms with Gasteiger partial charge in [0.1, 0.15) is 6.10 Å². The number of carbonyl (C=O) groups is 1. The van der Waals surface area contributed by atoms with Crippen molar-refractivity contribution in [3.8, 4) is 0 Å². The van der Waals surface area contributed by atoms with Crippen LogP contribution in [0.3, 0.4) is 0 Å². The number of rotatable bonds is 27. The summed E-state index contributed by atoms with van der Waals surface area (Å²) in [6.07, 6.45) is 26.6. The van der Waals surface area contributed by atoms with E-state index in [0.717, 1.165) is 71.0 Å². The van der Waals surface area contributed by atoms with Crippen LogP contribution in [0, 0.1) is 11.8 Å². The van der Waals surface area contributed by atoms with Gasteiger partial charge in [0.05, 0.1) is 5.92 Å². The second-order valence-electron chi connectivity index (χ2n) is 12.8. The molecule has 1 aliphatic rings. The van der Waals surface area contributed by atoms with Crippen molar-refractivity contribution >= 4 is 5.97 Å². The first kappa shape index (κ1) is 45.5. The number of unbranched alkanes of at least 4 members (excludes halogenated alkanes) is 12. The number of hydrogen-bond donors (Lipinski definition) is 3. The number of esters is 1. The molecule has 255 valence electrons. The predicted molar refractivity (Wildman–Crippen MR) is 178 cm³/mol. The summed E-state index contributed by atoms with van der Waals surface area (Å²) in [6.45, 7) is 10.4. The molecule has 1 aliphatic heterocycles. The number of hydrogen-bond acceptors (Lipinski definition) is 6. The summed E-state index contributed by atoms with van der Waals surface area (Å²) in [5, 5.41) is 26.8. The Kier molecular flexibility index (Phi) is 37.4. The SMILES string of the molecule is CCCCC(CO)CCC.CCCCCCCCCC(CCCCCCCCO)OC(=O)C1CCN(CCCO)CC1.[Y]. The fourth-order valence-electron chi connectivity index (χ4n) is 5.96. The Morgan fingerprint density at radius 1 is 0.651 bits per heavy atom. The van der Waals surface area contributed by atoms with Crippen LogP contribution in [-0.2, 0) is 42.2 Å². The summed E-state index contributed by atoms with van der Waals surface area (Å²) >= 11 is 0. The Morgan fingerprint density at radius 3 is 1.65 bits per heavy atom. The molecule has 1 rings (SSSR count). The molecule has 0 aromatic carbocycles. The van der Waals surface area contributed by atoms with Crippen LogP contribution in [0.15, 0.2) is 0 Å². The van der Waals surface area contributed by atoms with Crippen molar-refractivity contribution in [3.63, 3.8) is 0 Å². The fraction of sp³-hybridized carbons (Fsp3) is 0.972. The molecule has 0 spiro atoms. The van der Waals surface area contributed by atoms with E-state index in [0.29, 0.717) is 19.1 Å². The minimum atomic E-state index is 0. The van der Waals surface area contributed by atoms with Crippen LogP contribution in [0.25, 0.3) is 0 Å². The van der Waals surface area contributed by atoms with Crippen molar-refractivity contribution in [2.45, 2.75) is 175 Å². The molecule has 0 amide bonds. The van der Waals surface area contributed by atoms with Gasteiger partial charge in [-0.05, 0) is 83.2 Å². The number of piperidine rings is 1. The summed E-state index contributed by atoms with van der Waals surface area (Å²) in [4.78, 5) is 15.2. The summed E-state index contributed by atoms with van der Waals surface area (Å²) in [5.74, 6) is 0.656. The molecule has 0 aromatic rings. The van der Waals surface area contributed by atoms with Gasteiger partial charge in [-0.2, -0.15) is 0 Å². The average molecular weight is 689 g/mol. The van der Waals surface area contributed by atoms with Gasteiger partial charge in [0.2, 0.25) is 0 Å². The van der Waals surface area contributed by atoms with E-state index in [9.17, 15) is 4.79 Å². The summed E-state index contributed by atoms with van der Waals surface area (Å²) < 4.78 is 6.07. The van der Waals surface area contributed by atoms with Gasteiger partial charge in [0.25, 0.3) is 0 Å². The second kappa shape index (κ2) is 35.3. The molecule has 3 N–H and O–H groups in total. The van der Waals surface area contributed by atoms with Crippen LogP contribution in [0.2, 0.25) is 0 Å². The van der Waals surface area contributed by atoms with Gasteiger partial charge < -0.3 is 25.0 Å². The molecule has 0 aromatic heterocycles. The van der Waals surface area contributed by atoms with E-state index >= 15 is 0 Å². The molecule has 6 nitrogen and oxygen atoms in total. The minimum absolute atomic E-state index is 0. The molecule has 1 heterocycles. The van der Waals surface area contributed by atoms with Gasteiger partial charge in [-0.15, -0.1) is 0 Å². The standard InChI is InChI=1S/C27H53NO4.C9H20O.Y/c1-2-3-4-5-6-9-12-16-26(17-13-10-7-8-11-14-23-29)32-27(31)25-18-21-28(22-19-25)20-15-24-30;1-3-5-7-9(8-10)6-4-2;/h25-26,29-30H,2-24H2,1H3;9-10H,3-8H2,1-2H3;. The zero-order chi connectivity index (χ0) is 31.1. The number of aliphatic hydroxyl groups is 3. The van der Waals surface area contributed by atoms with Crippen molar-refractivity contribution < 1.29 is 57.6 Å². The zero-order valence-corrected chi connectivity index (χ0v) is 31.8. The molecule has 2 unspecified atom stereocenters. The van der Waals surface area contributed by atoms with Crippen molar-refractivity contribution in [3.05, 3.63) is 0 Å². The Balaban J connectivity index is 0. The first-order valence-corrected chi connectivity index (χ1v) is 18.3. The molecule has 0 aliphatic carbocycles. The first-order chi connectivity index (χ1) is 20.6. The Morgan fingerprint density at radius 2 is 1.16 bits per heavy atom. The first-order valence-electron chi connectivity index (χ1n) is 18.3. The van der Waals surface area contributed by atoms with Gasteiger partial charge in [-0.3, -0.25) is 4.79 Å². The van der Waals surface area contributed by atoms with Crippen LogP contribution in [0.1, 0.15) is 168 Å². The summed E-state index contributed by atoms with van der Waals surface area (Å²) in [6, 6.07) is 0. The van der Waals surface area contributed by atoms with Gasteiger partial charge in [0, 0.05) is 59.1 Å². The number of ether oxygens (including phenoxy) is 1. The monoisotopic (exact) mass is 688 g/mol. The quantitative estimate of drug-likeness (QED) is 0.0593. The van der Waals surface area contributed by atoms with E-state index in [4.69, 9.17) is 20.1 Å². The molecule has 1 fully saturated rings. The smallest absolute Gasteiger partial charge is 0.309 e. The van der Waals surface area contributed by atoms with Gasteiger partial charge >= 0.3 is 5.97 Å². The minimum Gasteiger partial charge on any atom is -0.462 e. The van der Waals surface area contributed by atoms with Crippen molar-refractivity contribution in [2.75, 3.05) is 39.5 Å². The van der Waals surface area contributed by atoms with Crippen molar-refractivity contribution in [1.29, 1.82) is 0 Å². The third-order valence-corrected chi connectivity index (χ3v) is 8.82. The van der Waals surface area contributed by atoms with Crippen LogP contribution >= 0.6 is 0 Å². The van der Waals surface area contributed by atoms with E-state index in [2.05, 4.69) is 25.7 Å². The zero-order valence-electron chi connectivity index (χ0n) is 28.9. The van der Waals surface area contributed by atoms with E-state index in [1.807, 2.05) is 0 Å². The maximum absolute atomic E-state index is 12.8. The Hall–Kier alpha value is 0.414. The molecular weight excluding hydrogens is 615 g/mol.